The van der Waals surface area contributed by atoms with E-state index >= 15 is 0 Å². The Hall–Kier alpha value is -0.120. The van der Waals surface area contributed by atoms with Crippen LogP contribution in [0.15, 0.2) is 0 Å². The third kappa shape index (κ3) is 2.25. The third-order valence-electron chi connectivity index (χ3n) is 5.24. The fourth-order valence-electron chi connectivity index (χ4n) is 3.91. The van der Waals surface area contributed by atoms with Gasteiger partial charge in [0.1, 0.15) is 0 Å². The summed E-state index contributed by atoms with van der Waals surface area (Å²) in [5, 5.41) is 0. The van der Waals surface area contributed by atoms with Gasteiger partial charge in [-0.2, -0.15) is 0 Å². The molecule has 0 aromatic rings. The highest BCUT2D eigenvalue weighted by molar-refractivity contribution is 4.99. The van der Waals surface area contributed by atoms with Crippen LogP contribution in [-0.4, -0.2) is 53.6 Å². The van der Waals surface area contributed by atoms with Crippen molar-refractivity contribution >= 4 is 0 Å². The maximum Gasteiger partial charge on any atom is 0.0330 e. The molecule has 0 amide bonds. The fourth-order valence-corrected chi connectivity index (χ4v) is 3.91. The van der Waals surface area contributed by atoms with Gasteiger partial charge in [0, 0.05) is 37.3 Å². The van der Waals surface area contributed by atoms with Gasteiger partial charge in [-0.1, -0.05) is 13.8 Å². The van der Waals surface area contributed by atoms with Crippen LogP contribution in [0, 0.1) is 0 Å². The Morgan fingerprint density at radius 2 is 1.94 bits per heavy atom. The molecule has 0 saturated carbocycles. The molecular formula is C14H29N3. The van der Waals surface area contributed by atoms with E-state index in [2.05, 4.69) is 30.6 Å². The molecule has 3 nitrogen and oxygen atoms in total. The van der Waals surface area contributed by atoms with Crippen LogP contribution in [0.5, 0.6) is 0 Å². The molecule has 2 fully saturated rings. The normalized spacial score (nSPS) is 31.8. The molecule has 2 unspecified atom stereocenters. The Kier molecular flexibility index (Phi) is 4.11. The minimum atomic E-state index is 0.244. The van der Waals surface area contributed by atoms with Gasteiger partial charge >= 0.3 is 0 Å². The van der Waals surface area contributed by atoms with E-state index in [1.807, 2.05) is 0 Å². The van der Waals surface area contributed by atoms with Gasteiger partial charge in [-0.25, -0.2) is 0 Å². The van der Waals surface area contributed by atoms with Crippen LogP contribution in [0.4, 0.5) is 0 Å². The number of rotatable bonds is 4. The number of hydrogen-bond acceptors (Lipinski definition) is 3. The first-order chi connectivity index (χ1) is 8.16. The molecule has 2 rings (SSSR count). The van der Waals surface area contributed by atoms with Gasteiger partial charge in [-0.15, -0.1) is 0 Å². The highest BCUT2D eigenvalue weighted by Gasteiger charge is 2.42. The van der Waals surface area contributed by atoms with Crippen LogP contribution in [0.3, 0.4) is 0 Å². The van der Waals surface area contributed by atoms with E-state index in [-0.39, 0.29) is 5.54 Å². The lowest BCUT2D eigenvalue weighted by Crippen LogP contribution is -2.65. The minimum absolute atomic E-state index is 0.244. The van der Waals surface area contributed by atoms with E-state index in [0.717, 1.165) is 12.6 Å². The third-order valence-corrected chi connectivity index (χ3v) is 5.24. The van der Waals surface area contributed by atoms with Crippen LogP contribution in [0.25, 0.3) is 0 Å². The molecule has 0 spiro atoms. The van der Waals surface area contributed by atoms with Crippen molar-refractivity contribution in [1.82, 2.24) is 9.80 Å². The average Bonchev–Trinajstić information content (AvgIpc) is 2.79. The molecule has 0 aromatic carbocycles. The van der Waals surface area contributed by atoms with E-state index in [4.69, 9.17) is 5.73 Å². The second-order valence-electron chi connectivity index (χ2n) is 5.93. The average molecular weight is 239 g/mol. The first kappa shape index (κ1) is 13.3. The Labute approximate surface area is 106 Å². The van der Waals surface area contributed by atoms with Gasteiger partial charge in [-0.3, -0.25) is 9.80 Å². The lowest BCUT2D eigenvalue weighted by atomic mass is 9.87. The number of piperazine rings is 1. The number of fused-ring (bicyclic) bond motifs is 1. The van der Waals surface area contributed by atoms with Crippen LogP contribution in [-0.2, 0) is 0 Å². The molecule has 3 heteroatoms. The number of hydrogen-bond donors (Lipinski definition) is 1. The largest absolute Gasteiger partial charge is 0.329 e. The molecule has 0 bridgehead atoms. The number of nitrogens with two attached hydrogens (primary N) is 1. The Morgan fingerprint density at radius 3 is 2.53 bits per heavy atom. The van der Waals surface area contributed by atoms with E-state index in [0.29, 0.717) is 6.04 Å². The van der Waals surface area contributed by atoms with Gasteiger partial charge in [0.2, 0.25) is 0 Å². The van der Waals surface area contributed by atoms with E-state index < -0.39 is 0 Å². The topological polar surface area (TPSA) is 32.5 Å². The molecule has 0 aliphatic carbocycles. The molecule has 0 radical (unpaired) electrons. The van der Waals surface area contributed by atoms with Gasteiger partial charge in [0.05, 0.1) is 0 Å². The predicted octanol–water partition coefficient (Wildman–Crippen LogP) is 1.67. The zero-order valence-corrected chi connectivity index (χ0v) is 11.8. The lowest BCUT2D eigenvalue weighted by Gasteiger charge is -2.52. The highest BCUT2D eigenvalue weighted by Crippen LogP contribution is 2.32. The van der Waals surface area contributed by atoms with Crippen molar-refractivity contribution in [3.63, 3.8) is 0 Å². The minimum Gasteiger partial charge on any atom is -0.329 e. The number of nitrogens with zero attached hydrogens (tertiary/aromatic N) is 2. The predicted molar refractivity (Wildman–Crippen MR) is 73.1 cm³/mol. The molecule has 0 aromatic heterocycles. The van der Waals surface area contributed by atoms with Gasteiger partial charge < -0.3 is 5.73 Å². The molecule has 2 saturated heterocycles. The molecule has 17 heavy (non-hydrogen) atoms. The van der Waals surface area contributed by atoms with Crippen molar-refractivity contribution in [2.24, 2.45) is 5.73 Å². The summed E-state index contributed by atoms with van der Waals surface area (Å²) in [6.45, 7) is 11.6. The maximum absolute atomic E-state index is 6.10. The lowest BCUT2D eigenvalue weighted by molar-refractivity contribution is -0.0246. The van der Waals surface area contributed by atoms with Crippen molar-refractivity contribution < 1.29 is 0 Å². The Bertz CT molecular complexity index is 242. The van der Waals surface area contributed by atoms with Gasteiger partial charge in [-0.05, 0) is 39.2 Å². The van der Waals surface area contributed by atoms with E-state index in [1.54, 1.807) is 0 Å². The second-order valence-corrected chi connectivity index (χ2v) is 5.93. The van der Waals surface area contributed by atoms with Crippen molar-refractivity contribution in [1.29, 1.82) is 0 Å². The van der Waals surface area contributed by atoms with Crippen LogP contribution < -0.4 is 5.73 Å². The highest BCUT2D eigenvalue weighted by atomic mass is 15.3. The Morgan fingerprint density at radius 1 is 1.24 bits per heavy atom. The summed E-state index contributed by atoms with van der Waals surface area (Å²) >= 11 is 0. The summed E-state index contributed by atoms with van der Waals surface area (Å²) in [5.74, 6) is 0. The van der Waals surface area contributed by atoms with Gasteiger partial charge in [0.25, 0.3) is 0 Å². The monoisotopic (exact) mass is 239 g/mol. The maximum atomic E-state index is 6.10. The Balaban J connectivity index is 2.13. The summed E-state index contributed by atoms with van der Waals surface area (Å²) in [6, 6.07) is 1.46. The zero-order valence-electron chi connectivity index (χ0n) is 11.8. The SMILES string of the molecule is CCC(CC)(CN)N1CC2CCCN2CC1C. The summed E-state index contributed by atoms with van der Waals surface area (Å²) in [4.78, 5) is 5.41. The summed E-state index contributed by atoms with van der Waals surface area (Å²) in [7, 11) is 0. The first-order valence-electron chi connectivity index (χ1n) is 7.37. The quantitative estimate of drug-likeness (QED) is 0.810. The molecule has 2 heterocycles. The molecule has 100 valence electrons. The zero-order chi connectivity index (χ0) is 12.5. The standard InChI is InChI=1S/C14H29N3/c1-4-14(5-2,11-15)17-10-13-7-6-8-16(13)9-12(17)3/h12-13H,4-11,15H2,1-3H3. The molecule has 2 aliphatic heterocycles. The van der Waals surface area contributed by atoms with Crippen molar-refractivity contribution in [3.8, 4) is 0 Å². The fraction of sp³-hybridized carbons (Fsp3) is 1.00. The summed E-state index contributed by atoms with van der Waals surface area (Å²) in [6.07, 6.45) is 5.13. The van der Waals surface area contributed by atoms with Gasteiger partial charge in [0.15, 0.2) is 0 Å². The second kappa shape index (κ2) is 5.25. The van der Waals surface area contributed by atoms with Crippen molar-refractivity contribution in [2.75, 3.05) is 26.2 Å². The van der Waals surface area contributed by atoms with E-state index in [9.17, 15) is 0 Å². The van der Waals surface area contributed by atoms with Crippen LogP contribution in [0.2, 0.25) is 0 Å². The summed E-state index contributed by atoms with van der Waals surface area (Å²) in [5.41, 5.74) is 6.35. The van der Waals surface area contributed by atoms with Crippen molar-refractivity contribution in [2.45, 2.75) is 64.1 Å². The summed E-state index contributed by atoms with van der Waals surface area (Å²) < 4.78 is 0. The molecule has 2 N–H and O–H groups in total. The first-order valence-corrected chi connectivity index (χ1v) is 7.37. The van der Waals surface area contributed by atoms with Crippen LogP contribution in [0.1, 0.15) is 46.5 Å². The molecule has 2 atom stereocenters. The molecular weight excluding hydrogens is 210 g/mol. The molecule has 2 aliphatic rings. The van der Waals surface area contributed by atoms with Crippen molar-refractivity contribution in [3.05, 3.63) is 0 Å². The van der Waals surface area contributed by atoms with E-state index in [1.165, 1.54) is 45.3 Å². The van der Waals surface area contributed by atoms with Crippen LogP contribution >= 0.6 is 0 Å². The smallest absolute Gasteiger partial charge is 0.0330 e.